The molecule has 0 N–H and O–H groups in total. The van der Waals surface area contributed by atoms with Gasteiger partial charge in [-0.05, 0) is 59.7 Å². The molecule has 34 heavy (non-hydrogen) atoms. The summed E-state index contributed by atoms with van der Waals surface area (Å²) in [5.41, 5.74) is 1.34. The summed E-state index contributed by atoms with van der Waals surface area (Å²) >= 11 is 0. The maximum atomic E-state index is 14.6. The topological polar surface area (TPSA) is 25.8 Å². The van der Waals surface area contributed by atoms with Crippen LogP contribution in [0.1, 0.15) is 41.4 Å². The Morgan fingerprint density at radius 2 is 1.41 bits per heavy atom. The molecule has 4 rings (SSSR count). The van der Waals surface area contributed by atoms with Gasteiger partial charge in [0.05, 0.1) is 5.56 Å². The monoisotopic (exact) mass is 466 g/mol. The van der Waals surface area contributed by atoms with Crippen LogP contribution >= 0.6 is 0 Å². The molecule has 1 heterocycles. The molecule has 1 aromatic heterocycles. The van der Waals surface area contributed by atoms with Gasteiger partial charge in [0.1, 0.15) is 17.5 Å². The standard InChI is InChI=1S/C27H19F5N2/c1-2-3-18-14-33-25(34-15-18)9-6-17-11-22(28)21(23(29)12-17)8-5-16-4-7-20-19(10-16)13-24(30)27(32)26(20)31/h4,7,10-15H,2-3,6,9H2,1H3. The van der Waals surface area contributed by atoms with Gasteiger partial charge in [0.2, 0.25) is 0 Å². The van der Waals surface area contributed by atoms with Gasteiger partial charge in [-0.3, -0.25) is 0 Å². The molecule has 0 aliphatic carbocycles. The van der Waals surface area contributed by atoms with Crippen molar-refractivity contribution < 1.29 is 22.0 Å². The van der Waals surface area contributed by atoms with Crippen molar-refractivity contribution in [2.24, 2.45) is 0 Å². The first kappa shape index (κ1) is 23.4. The molecule has 0 aliphatic rings. The average Bonchev–Trinajstić information content (AvgIpc) is 2.82. The zero-order chi connectivity index (χ0) is 24.2. The Balaban J connectivity index is 1.52. The maximum Gasteiger partial charge on any atom is 0.195 e. The second-order valence-corrected chi connectivity index (χ2v) is 7.86. The lowest BCUT2D eigenvalue weighted by Crippen LogP contribution is -2.01. The van der Waals surface area contributed by atoms with E-state index in [0.717, 1.165) is 24.5 Å². The number of aryl methyl sites for hydroxylation is 3. The third kappa shape index (κ3) is 5.07. The quantitative estimate of drug-likeness (QED) is 0.192. The Bertz CT molecular complexity index is 1400. The maximum absolute atomic E-state index is 14.6. The number of rotatable bonds is 5. The van der Waals surface area contributed by atoms with E-state index in [9.17, 15) is 22.0 Å². The molecule has 0 aliphatic heterocycles. The highest BCUT2D eigenvalue weighted by Gasteiger charge is 2.14. The summed E-state index contributed by atoms with van der Waals surface area (Å²) in [4.78, 5) is 8.57. The zero-order valence-corrected chi connectivity index (χ0v) is 18.2. The molecule has 2 nitrogen and oxygen atoms in total. The van der Waals surface area contributed by atoms with Crippen molar-refractivity contribution in [2.45, 2.75) is 32.6 Å². The van der Waals surface area contributed by atoms with Crippen LogP contribution in [-0.4, -0.2) is 9.97 Å². The van der Waals surface area contributed by atoms with Crippen molar-refractivity contribution in [3.05, 3.63) is 106 Å². The number of fused-ring (bicyclic) bond motifs is 1. The molecular weight excluding hydrogens is 447 g/mol. The Morgan fingerprint density at radius 1 is 0.706 bits per heavy atom. The van der Waals surface area contributed by atoms with Gasteiger partial charge in [0, 0.05) is 29.8 Å². The number of halogens is 5. The normalized spacial score (nSPS) is 10.9. The van der Waals surface area contributed by atoms with Crippen molar-refractivity contribution in [2.75, 3.05) is 0 Å². The van der Waals surface area contributed by atoms with Crippen LogP contribution in [-0.2, 0) is 19.3 Å². The fourth-order valence-electron chi connectivity index (χ4n) is 3.59. The summed E-state index contributed by atoms with van der Waals surface area (Å²) in [6, 6.07) is 7.20. The Hall–Kier alpha value is -3.79. The second kappa shape index (κ2) is 10.0. The highest BCUT2D eigenvalue weighted by atomic mass is 19.2. The van der Waals surface area contributed by atoms with Crippen LogP contribution in [0.25, 0.3) is 10.8 Å². The predicted molar refractivity (Wildman–Crippen MR) is 120 cm³/mol. The Kier molecular flexibility index (Phi) is 6.87. The number of hydrogen-bond acceptors (Lipinski definition) is 2. The van der Waals surface area contributed by atoms with Gasteiger partial charge >= 0.3 is 0 Å². The minimum absolute atomic E-state index is 0.0874. The molecule has 4 aromatic rings. The van der Waals surface area contributed by atoms with E-state index in [1.165, 1.54) is 30.3 Å². The largest absolute Gasteiger partial charge is 0.241 e. The molecular formula is C27H19F5N2. The fourth-order valence-corrected chi connectivity index (χ4v) is 3.59. The van der Waals surface area contributed by atoms with Crippen LogP contribution in [0.4, 0.5) is 22.0 Å². The highest BCUT2D eigenvalue weighted by molar-refractivity contribution is 5.84. The zero-order valence-electron chi connectivity index (χ0n) is 18.2. The van der Waals surface area contributed by atoms with Gasteiger partial charge in [-0.2, -0.15) is 0 Å². The van der Waals surface area contributed by atoms with Crippen molar-refractivity contribution >= 4 is 10.8 Å². The molecule has 0 saturated heterocycles. The summed E-state index contributed by atoms with van der Waals surface area (Å²) in [6.07, 6.45) is 6.20. The highest BCUT2D eigenvalue weighted by Crippen LogP contribution is 2.24. The summed E-state index contributed by atoms with van der Waals surface area (Å²) in [6.45, 7) is 2.07. The van der Waals surface area contributed by atoms with E-state index in [1.54, 1.807) is 12.4 Å². The van der Waals surface area contributed by atoms with E-state index in [-0.39, 0.29) is 16.3 Å². The molecule has 0 bridgehead atoms. The predicted octanol–water partition coefficient (Wildman–Crippen LogP) is 6.46. The minimum atomic E-state index is -1.56. The smallest absolute Gasteiger partial charge is 0.195 e. The number of benzene rings is 3. The first-order valence-electron chi connectivity index (χ1n) is 10.7. The number of nitrogens with zero attached hydrogens (tertiary/aromatic N) is 2. The molecule has 0 radical (unpaired) electrons. The van der Waals surface area contributed by atoms with E-state index in [0.29, 0.717) is 24.2 Å². The van der Waals surface area contributed by atoms with Crippen molar-refractivity contribution in [1.82, 2.24) is 9.97 Å². The number of hydrogen-bond donors (Lipinski definition) is 0. The third-order valence-corrected chi connectivity index (χ3v) is 5.34. The van der Waals surface area contributed by atoms with Crippen molar-refractivity contribution in [3.8, 4) is 11.8 Å². The average molecular weight is 466 g/mol. The SMILES string of the molecule is CCCc1cnc(CCc2cc(F)c(C#Cc3ccc4c(F)c(F)c(F)cc4c3)c(F)c2)nc1. The molecule has 0 amide bonds. The molecule has 3 aromatic carbocycles. The van der Waals surface area contributed by atoms with E-state index in [2.05, 4.69) is 28.7 Å². The Labute approximate surface area is 193 Å². The lowest BCUT2D eigenvalue weighted by molar-refractivity contribution is 0.453. The van der Waals surface area contributed by atoms with E-state index in [1.807, 2.05) is 0 Å². The summed E-state index contributed by atoms with van der Waals surface area (Å²) in [5.74, 6) is -0.206. The third-order valence-electron chi connectivity index (χ3n) is 5.34. The van der Waals surface area contributed by atoms with Crippen molar-refractivity contribution in [3.63, 3.8) is 0 Å². The first-order valence-corrected chi connectivity index (χ1v) is 10.7. The molecule has 172 valence electrons. The van der Waals surface area contributed by atoms with Crippen LogP contribution in [0.3, 0.4) is 0 Å². The van der Waals surface area contributed by atoms with Gasteiger partial charge in [0.25, 0.3) is 0 Å². The van der Waals surface area contributed by atoms with Gasteiger partial charge in [-0.1, -0.05) is 31.3 Å². The van der Waals surface area contributed by atoms with Crippen LogP contribution in [0.15, 0.2) is 48.8 Å². The van der Waals surface area contributed by atoms with Gasteiger partial charge in [0.15, 0.2) is 17.5 Å². The summed E-state index contributed by atoms with van der Waals surface area (Å²) < 4.78 is 69.9. The Morgan fingerprint density at radius 3 is 2.09 bits per heavy atom. The van der Waals surface area contributed by atoms with Crippen LogP contribution in [0.5, 0.6) is 0 Å². The molecule has 0 fully saturated rings. The van der Waals surface area contributed by atoms with Gasteiger partial charge in [-0.25, -0.2) is 31.9 Å². The minimum Gasteiger partial charge on any atom is -0.241 e. The molecule has 0 spiro atoms. The van der Waals surface area contributed by atoms with Crippen molar-refractivity contribution in [1.29, 1.82) is 0 Å². The lowest BCUT2D eigenvalue weighted by Gasteiger charge is -2.05. The molecule has 0 saturated carbocycles. The molecule has 7 heteroatoms. The fraction of sp³-hybridized carbons (Fsp3) is 0.185. The summed E-state index contributed by atoms with van der Waals surface area (Å²) in [5, 5.41) is -0.0282. The number of aromatic nitrogens is 2. The molecule has 0 unspecified atom stereocenters. The van der Waals surface area contributed by atoms with Crippen LogP contribution in [0, 0.1) is 40.9 Å². The van der Waals surface area contributed by atoms with E-state index >= 15 is 0 Å². The van der Waals surface area contributed by atoms with E-state index in [4.69, 9.17) is 0 Å². The van der Waals surface area contributed by atoms with Crippen LogP contribution in [0.2, 0.25) is 0 Å². The lowest BCUT2D eigenvalue weighted by atomic mass is 10.0. The van der Waals surface area contributed by atoms with Crippen LogP contribution < -0.4 is 0 Å². The van der Waals surface area contributed by atoms with Gasteiger partial charge in [-0.15, -0.1) is 0 Å². The summed E-state index contributed by atoms with van der Waals surface area (Å²) in [7, 11) is 0. The first-order chi connectivity index (χ1) is 16.4. The van der Waals surface area contributed by atoms with Gasteiger partial charge < -0.3 is 0 Å². The molecule has 0 atom stereocenters. The van der Waals surface area contributed by atoms with E-state index < -0.39 is 34.6 Å². The second-order valence-electron chi connectivity index (χ2n) is 7.86.